The molecule has 4 rings (SSSR count). The normalized spacial score (nSPS) is 10.3. The van der Waals surface area contributed by atoms with Crippen LogP contribution in [0.5, 0.6) is 5.75 Å². The van der Waals surface area contributed by atoms with Gasteiger partial charge in [0.2, 0.25) is 0 Å². The molecular weight excluding hydrogens is 408 g/mol. The van der Waals surface area contributed by atoms with Gasteiger partial charge in [-0.15, -0.1) is 11.3 Å². The number of nitrogens with zero attached hydrogens (tertiary/aromatic N) is 3. The van der Waals surface area contributed by atoms with E-state index in [0.717, 1.165) is 21.8 Å². The smallest absolute Gasteiger partial charge is 0.251 e. The van der Waals surface area contributed by atoms with E-state index in [1.807, 2.05) is 35.7 Å². The van der Waals surface area contributed by atoms with Crippen LogP contribution < -0.4 is 10.1 Å². The van der Waals surface area contributed by atoms with Gasteiger partial charge in [-0.3, -0.25) is 9.78 Å². The number of ether oxygens (including phenoxy) is 1. The van der Waals surface area contributed by atoms with Crippen LogP contribution in [0.25, 0.3) is 11.3 Å². The number of pyridine rings is 1. The second-order valence-corrected chi connectivity index (χ2v) is 7.57. The zero-order valence-corrected chi connectivity index (χ0v) is 17.3. The molecular formula is C24H18N4O2S. The van der Waals surface area contributed by atoms with Crippen LogP contribution in [0.1, 0.15) is 26.5 Å². The molecule has 0 radical (unpaired) electrons. The topological polar surface area (TPSA) is 87.9 Å². The molecule has 0 saturated carbocycles. The lowest BCUT2D eigenvalue weighted by molar-refractivity contribution is 0.0950. The molecule has 0 bridgehead atoms. The number of benzene rings is 2. The second-order valence-electron chi connectivity index (χ2n) is 6.63. The van der Waals surface area contributed by atoms with Crippen LogP contribution in [0.3, 0.4) is 0 Å². The van der Waals surface area contributed by atoms with Crippen molar-refractivity contribution in [3.05, 3.63) is 100 Å². The van der Waals surface area contributed by atoms with Crippen molar-refractivity contribution in [2.45, 2.75) is 13.2 Å². The van der Waals surface area contributed by atoms with Gasteiger partial charge in [0.1, 0.15) is 17.4 Å². The first-order chi connectivity index (χ1) is 15.2. The Morgan fingerprint density at radius 3 is 2.77 bits per heavy atom. The zero-order chi connectivity index (χ0) is 21.5. The van der Waals surface area contributed by atoms with Gasteiger partial charge in [-0.1, -0.05) is 24.3 Å². The van der Waals surface area contributed by atoms with Gasteiger partial charge < -0.3 is 10.1 Å². The van der Waals surface area contributed by atoms with Crippen LogP contribution in [0.15, 0.2) is 78.4 Å². The minimum atomic E-state index is -0.205. The number of hydrogen-bond acceptors (Lipinski definition) is 6. The van der Waals surface area contributed by atoms with E-state index in [1.165, 1.54) is 11.3 Å². The first kappa shape index (κ1) is 20.3. The van der Waals surface area contributed by atoms with Crippen molar-refractivity contribution < 1.29 is 9.53 Å². The van der Waals surface area contributed by atoms with Crippen molar-refractivity contribution in [3.8, 4) is 23.1 Å². The number of amides is 1. The standard InChI is InChI=1S/C24H18N4O2S/c25-13-19-4-1-2-5-20(19)15-30-21-7-3-6-18(12-21)24(29)27-14-23-28-22(16-31-23)17-8-10-26-11-9-17/h1-12,16H,14-15H2,(H,27,29). The van der Waals surface area contributed by atoms with Gasteiger partial charge in [-0.25, -0.2) is 4.98 Å². The van der Waals surface area contributed by atoms with E-state index in [2.05, 4.69) is 21.4 Å². The Hall–Kier alpha value is -4.02. The predicted octanol–water partition coefficient (Wildman–Crippen LogP) is 4.59. The van der Waals surface area contributed by atoms with Gasteiger partial charge in [0.25, 0.3) is 5.91 Å². The highest BCUT2D eigenvalue weighted by molar-refractivity contribution is 7.09. The first-order valence-corrected chi connectivity index (χ1v) is 10.4. The van der Waals surface area contributed by atoms with E-state index in [0.29, 0.717) is 23.4 Å². The van der Waals surface area contributed by atoms with Crippen molar-refractivity contribution >= 4 is 17.2 Å². The summed E-state index contributed by atoms with van der Waals surface area (Å²) >= 11 is 1.50. The van der Waals surface area contributed by atoms with E-state index in [9.17, 15) is 10.1 Å². The number of carbonyl (C=O) groups is 1. The molecule has 7 heteroatoms. The molecule has 0 fully saturated rings. The summed E-state index contributed by atoms with van der Waals surface area (Å²) in [5, 5.41) is 14.9. The molecule has 0 saturated heterocycles. The van der Waals surface area contributed by atoms with E-state index >= 15 is 0 Å². The van der Waals surface area contributed by atoms with Crippen molar-refractivity contribution in [3.63, 3.8) is 0 Å². The van der Waals surface area contributed by atoms with Crippen molar-refractivity contribution in [1.82, 2.24) is 15.3 Å². The largest absolute Gasteiger partial charge is 0.489 e. The maximum Gasteiger partial charge on any atom is 0.251 e. The molecule has 0 atom stereocenters. The third-order valence-electron chi connectivity index (χ3n) is 4.56. The van der Waals surface area contributed by atoms with Gasteiger partial charge >= 0.3 is 0 Å². The average Bonchev–Trinajstić information content (AvgIpc) is 3.31. The number of nitrogens with one attached hydrogen (secondary N) is 1. The quantitative estimate of drug-likeness (QED) is 0.467. The molecule has 2 aromatic heterocycles. The number of nitriles is 1. The summed E-state index contributed by atoms with van der Waals surface area (Å²) in [6.45, 7) is 0.598. The van der Waals surface area contributed by atoms with E-state index in [1.54, 1.807) is 42.7 Å². The molecule has 0 spiro atoms. The van der Waals surface area contributed by atoms with Gasteiger partial charge in [0, 0.05) is 34.5 Å². The molecule has 1 amide bonds. The number of carbonyl (C=O) groups excluding carboxylic acids is 1. The third kappa shape index (κ3) is 5.13. The summed E-state index contributed by atoms with van der Waals surface area (Å²) in [5.41, 5.74) is 3.73. The fourth-order valence-corrected chi connectivity index (χ4v) is 3.69. The number of aromatic nitrogens is 2. The molecule has 0 aliphatic carbocycles. The number of rotatable bonds is 7. The second kappa shape index (κ2) is 9.65. The van der Waals surface area contributed by atoms with Crippen LogP contribution in [0.4, 0.5) is 0 Å². The Morgan fingerprint density at radius 2 is 1.94 bits per heavy atom. The van der Waals surface area contributed by atoms with Gasteiger partial charge in [0.15, 0.2) is 0 Å². The minimum Gasteiger partial charge on any atom is -0.489 e. The molecule has 0 aliphatic heterocycles. The summed E-state index contributed by atoms with van der Waals surface area (Å²) in [4.78, 5) is 21.2. The van der Waals surface area contributed by atoms with Gasteiger partial charge in [0.05, 0.1) is 23.9 Å². The highest BCUT2D eigenvalue weighted by Crippen LogP contribution is 2.21. The minimum absolute atomic E-state index is 0.205. The Morgan fingerprint density at radius 1 is 1.10 bits per heavy atom. The lowest BCUT2D eigenvalue weighted by atomic mass is 10.1. The molecule has 1 N–H and O–H groups in total. The van der Waals surface area contributed by atoms with Crippen molar-refractivity contribution in [2.24, 2.45) is 0 Å². The predicted molar refractivity (Wildman–Crippen MR) is 118 cm³/mol. The molecule has 4 aromatic rings. The lowest BCUT2D eigenvalue weighted by Gasteiger charge is -2.09. The molecule has 152 valence electrons. The van der Waals surface area contributed by atoms with Crippen LogP contribution in [-0.2, 0) is 13.2 Å². The molecule has 2 aromatic carbocycles. The maximum absolute atomic E-state index is 12.6. The highest BCUT2D eigenvalue weighted by Gasteiger charge is 2.10. The monoisotopic (exact) mass is 426 g/mol. The fourth-order valence-electron chi connectivity index (χ4n) is 2.95. The van der Waals surface area contributed by atoms with Crippen LogP contribution in [-0.4, -0.2) is 15.9 Å². The summed E-state index contributed by atoms with van der Waals surface area (Å²) < 4.78 is 5.79. The average molecular weight is 427 g/mol. The number of hydrogen-bond donors (Lipinski definition) is 1. The van der Waals surface area contributed by atoms with Gasteiger partial charge in [-0.05, 0) is 36.4 Å². The summed E-state index contributed by atoms with van der Waals surface area (Å²) in [5.74, 6) is 0.359. The van der Waals surface area contributed by atoms with E-state index in [-0.39, 0.29) is 12.5 Å². The summed E-state index contributed by atoms with van der Waals surface area (Å²) in [6, 6.07) is 20.2. The Kier molecular flexibility index (Phi) is 6.31. The van der Waals surface area contributed by atoms with Crippen molar-refractivity contribution in [2.75, 3.05) is 0 Å². The zero-order valence-electron chi connectivity index (χ0n) is 16.5. The van der Waals surface area contributed by atoms with Gasteiger partial charge in [-0.2, -0.15) is 5.26 Å². The Balaban J connectivity index is 1.36. The van der Waals surface area contributed by atoms with Crippen molar-refractivity contribution in [1.29, 1.82) is 5.26 Å². The summed E-state index contributed by atoms with van der Waals surface area (Å²) in [6.07, 6.45) is 3.45. The first-order valence-electron chi connectivity index (χ1n) is 9.57. The van der Waals surface area contributed by atoms with E-state index in [4.69, 9.17) is 4.74 Å². The van der Waals surface area contributed by atoms with Crippen LogP contribution in [0.2, 0.25) is 0 Å². The number of thiazole rings is 1. The molecule has 6 nitrogen and oxygen atoms in total. The summed E-state index contributed by atoms with van der Waals surface area (Å²) in [7, 11) is 0. The Labute approximate surface area is 183 Å². The maximum atomic E-state index is 12.6. The molecule has 0 aliphatic rings. The SMILES string of the molecule is N#Cc1ccccc1COc1cccc(C(=O)NCc2nc(-c3ccncc3)cs2)c1. The molecule has 0 unspecified atom stereocenters. The van der Waals surface area contributed by atoms with Crippen LogP contribution in [0, 0.1) is 11.3 Å². The fraction of sp³-hybridized carbons (Fsp3) is 0.0833. The van der Waals surface area contributed by atoms with Crippen LogP contribution >= 0.6 is 11.3 Å². The highest BCUT2D eigenvalue weighted by atomic mass is 32.1. The lowest BCUT2D eigenvalue weighted by Crippen LogP contribution is -2.22. The molecule has 2 heterocycles. The third-order valence-corrected chi connectivity index (χ3v) is 5.41. The van der Waals surface area contributed by atoms with E-state index < -0.39 is 0 Å². The molecule has 31 heavy (non-hydrogen) atoms. The Bertz CT molecular complexity index is 1230.